The second kappa shape index (κ2) is 6.95. The van der Waals surface area contributed by atoms with Gasteiger partial charge in [0, 0.05) is 11.3 Å². The number of amidine groups is 1. The number of benzene rings is 2. The van der Waals surface area contributed by atoms with E-state index in [2.05, 4.69) is 10.5 Å². The van der Waals surface area contributed by atoms with Gasteiger partial charge in [0.1, 0.15) is 5.75 Å². The first-order chi connectivity index (χ1) is 10.2. The molecule has 0 spiro atoms. The zero-order valence-corrected chi connectivity index (χ0v) is 11.2. The van der Waals surface area contributed by atoms with E-state index in [1.807, 2.05) is 18.2 Å². The summed E-state index contributed by atoms with van der Waals surface area (Å²) in [5.41, 5.74) is 6.55. The van der Waals surface area contributed by atoms with E-state index >= 15 is 0 Å². The molecule has 0 aliphatic rings. The maximum Gasteiger partial charge on any atom is 0.262 e. The van der Waals surface area contributed by atoms with Crippen LogP contribution in [0.5, 0.6) is 5.75 Å². The molecule has 0 bridgehead atoms. The van der Waals surface area contributed by atoms with Crippen LogP contribution >= 0.6 is 0 Å². The van der Waals surface area contributed by atoms with Gasteiger partial charge in [-0.15, -0.1) is 0 Å². The van der Waals surface area contributed by atoms with Crippen molar-refractivity contribution in [1.82, 2.24) is 0 Å². The highest BCUT2D eigenvalue weighted by atomic mass is 16.5. The number of carbonyl (C=O) groups is 1. The fourth-order valence-corrected chi connectivity index (χ4v) is 1.68. The lowest BCUT2D eigenvalue weighted by molar-refractivity contribution is -0.118. The van der Waals surface area contributed by atoms with E-state index < -0.39 is 0 Å². The molecule has 0 aliphatic heterocycles. The number of amides is 1. The van der Waals surface area contributed by atoms with Crippen LogP contribution in [-0.2, 0) is 4.79 Å². The molecule has 0 atom stereocenters. The summed E-state index contributed by atoms with van der Waals surface area (Å²) in [5.74, 6) is 0.306. The fourth-order valence-electron chi connectivity index (χ4n) is 1.68. The van der Waals surface area contributed by atoms with Gasteiger partial charge in [0.05, 0.1) is 0 Å². The van der Waals surface area contributed by atoms with Crippen molar-refractivity contribution in [2.45, 2.75) is 0 Å². The molecule has 0 radical (unpaired) electrons. The van der Waals surface area contributed by atoms with Crippen LogP contribution in [0.1, 0.15) is 5.56 Å². The molecule has 4 N–H and O–H groups in total. The Bertz CT molecular complexity index is 642. The summed E-state index contributed by atoms with van der Waals surface area (Å²) >= 11 is 0. The lowest BCUT2D eigenvalue weighted by atomic mass is 10.2. The summed E-state index contributed by atoms with van der Waals surface area (Å²) in [6, 6.07) is 15.7. The molecule has 2 aromatic carbocycles. The summed E-state index contributed by atoms with van der Waals surface area (Å²) in [5, 5.41) is 14.2. The number of nitrogens with one attached hydrogen (secondary N) is 1. The SMILES string of the molecule is NC(=NO)c1cccc(NC(=O)COc2ccccc2)c1. The Hall–Kier alpha value is -3.02. The van der Waals surface area contributed by atoms with Crippen LogP contribution in [0.4, 0.5) is 5.69 Å². The number of para-hydroxylation sites is 1. The van der Waals surface area contributed by atoms with E-state index in [4.69, 9.17) is 15.7 Å². The Labute approximate surface area is 121 Å². The minimum absolute atomic E-state index is 0.0216. The molecular weight excluding hydrogens is 270 g/mol. The van der Waals surface area contributed by atoms with Crippen molar-refractivity contribution in [2.75, 3.05) is 11.9 Å². The molecular formula is C15H15N3O3. The molecule has 0 unspecified atom stereocenters. The first-order valence-corrected chi connectivity index (χ1v) is 6.24. The van der Waals surface area contributed by atoms with Crippen LogP contribution in [0.25, 0.3) is 0 Å². The van der Waals surface area contributed by atoms with Gasteiger partial charge in [0.25, 0.3) is 5.91 Å². The molecule has 1 amide bonds. The number of oxime groups is 1. The Balaban J connectivity index is 1.94. The molecule has 0 saturated heterocycles. The minimum Gasteiger partial charge on any atom is -0.484 e. The fraction of sp³-hybridized carbons (Fsp3) is 0.0667. The zero-order valence-electron chi connectivity index (χ0n) is 11.2. The van der Waals surface area contributed by atoms with E-state index in [1.54, 1.807) is 36.4 Å². The lowest BCUT2D eigenvalue weighted by Gasteiger charge is -2.08. The molecule has 0 fully saturated rings. The molecule has 0 saturated carbocycles. The normalized spacial score (nSPS) is 11.0. The smallest absolute Gasteiger partial charge is 0.262 e. The van der Waals surface area contributed by atoms with Crippen LogP contribution in [0.15, 0.2) is 59.8 Å². The second-order valence-electron chi connectivity index (χ2n) is 4.22. The third kappa shape index (κ3) is 4.24. The van der Waals surface area contributed by atoms with Gasteiger partial charge < -0.3 is 21.0 Å². The average molecular weight is 285 g/mol. The Kier molecular flexibility index (Phi) is 4.76. The molecule has 2 rings (SSSR count). The molecule has 6 heteroatoms. The minimum atomic E-state index is -0.296. The summed E-state index contributed by atoms with van der Waals surface area (Å²) in [6.07, 6.45) is 0. The van der Waals surface area contributed by atoms with E-state index in [1.165, 1.54) is 0 Å². The van der Waals surface area contributed by atoms with Crippen LogP contribution in [0.2, 0.25) is 0 Å². The summed E-state index contributed by atoms with van der Waals surface area (Å²) in [4.78, 5) is 11.8. The molecule has 0 heterocycles. The third-order valence-electron chi connectivity index (χ3n) is 2.66. The summed E-state index contributed by atoms with van der Waals surface area (Å²) in [6.45, 7) is -0.0994. The summed E-state index contributed by atoms with van der Waals surface area (Å²) < 4.78 is 5.34. The Morgan fingerprint density at radius 1 is 1.19 bits per heavy atom. The van der Waals surface area contributed by atoms with Gasteiger partial charge in [0.2, 0.25) is 0 Å². The summed E-state index contributed by atoms with van der Waals surface area (Å²) in [7, 11) is 0. The van der Waals surface area contributed by atoms with E-state index in [0.29, 0.717) is 17.0 Å². The Morgan fingerprint density at radius 3 is 2.67 bits per heavy atom. The van der Waals surface area contributed by atoms with E-state index in [9.17, 15) is 4.79 Å². The van der Waals surface area contributed by atoms with E-state index in [-0.39, 0.29) is 18.3 Å². The predicted octanol–water partition coefficient (Wildman–Crippen LogP) is 1.80. The maximum absolute atomic E-state index is 11.8. The number of anilines is 1. The maximum atomic E-state index is 11.8. The highest BCUT2D eigenvalue weighted by Gasteiger charge is 2.05. The molecule has 0 aliphatic carbocycles. The van der Waals surface area contributed by atoms with Crippen LogP contribution in [0, 0.1) is 0 Å². The first-order valence-electron chi connectivity index (χ1n) is 6.24. The van der Waals surface area contributed by atoms with Gasteiger partial charge in [-0.2, -0.15) is 0 Å². The number of hydrogen-bond acceptors (Lipinski definition) is 4. The average Bonchev–Trinajstić information content (AvgIpc) is 2.53. The lowest BCUT2D eigenvalue weighted by Crippen LogP contribution is -2.20. The van der Waals surface area contributed by atoms with Crippen molar-refractivity contribution in [1.29, 1.82) is 0 Å². The molecule has 108 valence electrons. The van der Waals surface area contributed by atoms with Gasteiger partial charge in [-0.25, -0.2) is 0 Å². The van der Waals surface area contributed by atoms with Crippen LogP contribution in [0.3, 0.4) is 0 Å². The van der Waals surface area contributed by atoms with Crippen molar-refractivity contribution in [3.8, 4) is 5.75 Å². The van der Waals surface area contributed by atoms with Crippen LogP contribution in [-0.4, -0.2) is 23.6 Å². The third-order valence-corrected chi connectivity index (χ3v) is 2.66. The number of nitrogens with two attached hydrogens (primary N) is 1. The highest BCUT2D eigenvalue weighted by Crippen LogP contribution is 2.11. The number of carbonyl (C=O) groups excluding carboxylic acids is 1. The van der Waals surface area contributed by atoms with Crippen LogP contribution < -0.4 is 15.8 Å². The van der Waals surface area contributed by atoms with Crippen molar-refractivity contribution < 1.29 is 14.7 Å². The van der Waals surface area contributed by atoms with Gasteiger partial charge >= 0.3 is 0 Å². The van der Waals surface area contributed by atoms with Gasteiger partial charge in [-0.3, -0.25) is 4.79 Å². The number of hydrogen-bond donors (Lipinski definition) is 3. The Morgan fingerprint density at radius 2 is 1.95 bits per heavy atom. The van der Waals surface area contributed by atoms with Gasteiger partial charge in [-0.05, 0) is 24.3 Å². The predicted molar refractivity (Wildman–Crippen MR) is 79.5 cm³/mol. The quantitative estimate of drug-likeness (QED) is 0.338. The van der Waals surface area contributed by atoms with Crippen molar-refractivity contribution in [3.05, 3.63) is 60.2 Å². The highest BCUT2D eigenvalue weighted by molar-refractivity contribution is 5.99. The molecule has 21 heavy (non-hydrogen) atoms. The van der Waals surface area contributed by atoms with Crippen molar-refractivity contribution in [2.24, 2.45) is 10.9 Å². The number of ether oxygens (including phenoxy) is 1. The van der Waals surface area contributed by atoms with Gasteiger partial charge in [0.15, 0.2) is 12.4 Å². The standard InChI is InChI=1S/C15H15N3O3/c16-15(18-20)11-5-4-6-12(9-11)17-14(19)10-21-13-7-2-1-3-8-13/h1-9,20H,10H2,(H2,16,18)(H,17,19). The van der Waals surface area contributed by atoms with Crippen molar-refractivity contribution >= 4 is 17.4 Å². The zero-order chi connectivity index (χ0) is 15.1. The van der Waals surface area contributed by atoms with Crippen molar-refractivity contribution in [3.63, 3.8) is 0 Å². The molecule has 2 aromatic rings. The molecule has 6 nitrogen and oxygen atoms in total. The number of nitrogens with zero attached hydrogens (tertiary/aromatic N) is 1. The van der Waals surface area contributed by atoms with E-state index in [0.717, 1.165) is 0 Å². The monoisotopic (exact) mass is 285 g/mol. The second-order valence-corrected chi connectivity index (χ2v) is 4.22. The van der Waals surface area contributed by atoms with Gasteiger partial charge in [-0.1, -0.05) is 35.5 Å². The topological polar surface area (TPSA) is 96.9 Å². The largest absolute Gasteiger partial charge is 0.484 e. The number of rotatable bonds is 5. The molecule has 0 aromatic heterocycles. The first kappa shape index (κ1) is 14.4.